The lowest BCUT2D eigenvalue weighted by Crippen LogP contribution is -2.60. The van der Waals surface area contributed by atoms with E-state index in [0.717, 1.165) is 0 Å². The summed E-state index contributed by atoms with van der Waals surface area (Å²) in [5.74, 6) is -2.48. The van der Waals surface area contributed by atoms with E-state index in [1.165, 1.54) is 26.2 Å². The Balaban J connectivity index is 1.25. The zero-order valence-corrected chi connectivity index (χ0v) is 46.9. The van der Waals surface area contributed by atoms with Crippen molar-refractivity contribution in [2.75, 3.05) is 41.5 Å². The molecule has 2 aliphatic heterocycles. The van der Waals surface area contributed by atoms with Crippen molar-refractivity contribution in [3.8, 4) is 5.75 Å². The van der Waals surface area contributed by atoms with Crippen LogP contribution < -0.4 is 21.1 Å². The molecule has 2 aromatic carbocycles. The molecule has 5 amide bonds. The lowest BCUT2D eigenvalue weighted by atomic mass is 9.89. The zero-order chi connectivity index (χ0) is 57.0. The summed E-state index contributed by atoms with van der Waals surface area (Å²) >= 11 is 0. The molecule has 430 valence electrons. The average molecular weight is 1080 g/mol. The smallest absolute Gasteiger partial charge is 0.410 e. The molecule has 0 saturated carbocycles. The Morgan fingerprint density at radius 1 is 0.909 bits per heavy atom. The van der Waals surface area contributed by atoms with E-state index < -0.39 is 115 Å². The number of nitrogens with zero attached hydrogens (tertiary/aromatic N) is 3. The first-order chi connectivity index (χ1) is 36.5. The number of nitrogens with one attached hydrogen (secondary N) is 2. The highest BCUT2D eigenvalue weighted by Crippen LogP contribution is 2.35. The van der Waals surface area contributed by atoms with Crippen molar-refractivity contribution in [3.63, 3.8) is 0 Å². The standard InChI is InChI=1S/C56H86N6O15/c1-13-32(6)48(42(72-11)26-44(65)62-23-17-20-39(62)51(73-12)33(7)53(68)58-34(8)49(66)35-18-15-14-16-19-35)60(9)55(70)46(30(2)3)59-54(69)47(31(4)5)61(10)56(71)74-29-36-21-22-41(38-24-37(27-57)75-52(36)38)76-45-25-40(64)50(67)43(28-63)77-45/h14-16,18-19,21-22,24,30-34,39-40,42-43,45-51,63-64,66-67H,13,17,20,23,25-29,57H2,1-12H3,(H,58,68)(H,59,69)/t32?,33-,34-,39+,40-,42-,43-,45-,46+,47+,48+,49-,50-,51-/m1/s1. The van der Waals surface area contributed by atoms with Gasteiger partial charge in [0.15, 0.2) is 0 Å². The first kappa shape index (κ1) is 62.5. The van der Waals surface area contributed by atoms with Crippen molar-refractivity contribution in [2.45, 2.75) is 174 Å². The summed E-state index contributed by atoms with van der Waals surface area (Å²) in [4.78, 5) is 75.5. The van der Waals surface area contributed by atoms with Crippen LogP contribution in [0.5, 0.6) is 5.75 Å². The average Bonchev–Trinajstić information content (AvgIpc) is 4.12. The molecule has 8 N–H and O–H groups in total. The number of likely N-dealkylation sites (N-methyl/N-ethyl adjacent to an activating group) is 2. The Hall–Kier alpha value is -5.39. The van der Waals surface area contributed by atoms with Crippen LogP contribution in [0.25, 0.3) is 11.0 Å². The molecule has 1 unspecified atom stereocenters. The van der Waals surface area contributed by atoms with Gasteiger partial charge in [-0.1, -0.05) is 85.2 Å². The van der Waals surface area contributed by atoms with E-state index in [9.17, 15) is 44.4 Å². The number of furan rings is 1. The van der Waals surface area contributed by atoms with Gasteiger partial charge in [-0.25, -0.2) is 4.79 Å². The molecule has 3 heterocycles. The van der Waals surface area contributed by atoms with Gasteiger partial charge >= 0.3 is 6.09 Å². The fraction of sp³-hybridized carbons (Fsp3) is 0.661. The molecule has 0 aliphatic carbocycles. The molecular weight excluding hydrogens is 997 g/mol. The third-order valence-electron chi connectivity index (χ3n) is 15.4. The number of fused-ring (bicyclic) bond motifs is 1. The largest absolute Gasteiger partial charge is 0.464 e. The number of likely N-dealkylation sites (tertiary alicyclic amines) is 1. The Bertz CT molecular complexity index is 2410. The van der Waals surface area contributed by atoms with Gasteiger partial charge in [-0.2, -0.15) is 0 Å². The molecule has 0 spiro atoms. The van der Waals surface area contributed by atoms with Crippen molar-refractivity contribution < 1.29 is 72.5 Å². The lowest BCUT2D eigenvalue weighted by molar-refractivity contribution is -0.229. The van der Waals surface area contributed by atoms with Gasteiger partial charge in [0.25, 0.3) is 0 Å². The SMILES string of the molecule is CCC(C)[C@@H]([C@@H](CC(=O)N1CCC[C@H]1[C@H](OC)[C@@H](C)C(=O)N[C@H](C)[C@@H](O)c1ccccc1)OC)N(C)C(=O)[C@@H](NC(=O)[C@H](C(C)C)N(C)C(=O)OCc1ccc(O[C@H]2C[C@@H](O)[C@@H](O)[C@@H](CO)O2)c2cc(CN)oc12)C(C)C. The Morgan fingerprint density at radius 2 is 1.60 bits per heavy atom. The Morgan fingerprint density at radius 3 is 2.19 bits per heavy atom. The van der Waals surface area contributed by atoms with Gasteiger partial charge in [-0.15, -0.1) is 0 Å². The fourth-order valence-corrected chi connectivity index (χ4v) is 10.7. The molecule has 0 radical (unpaired) electrons. The second-order valence-corrected chi connectivity index (χ2v) is 21.4. The monoisotopic (exact) mass is 1080 g/mol. The van der Waals surface area contributed by atoms with Crippen LogP contribution in [-0.4, -0.2) is 173 Å². The van der Waals surface area contributed by atoms with Crippen LogP contribution in [0.3, 0.4) is 0 Å². The molecule has 2 fully saturated rings. The van der Waals surface area contributed by atoms with Gasteiger partial charge in [0.2, 0.25) is 29.9 Å². The third-order valence-corrected chi connectivity index (χ3v) is 15.4. The van der Waals surface area contributed by atoms with E-state index in [1.54, 1.807) is 74.9 Å². The molecule has 2 aliphatic rings. The van der Waals surface area contributed by atoms with Crippen molar-refractivity contribution in [2.24, 2.45) is 29.4 Å². The number of methoxy groups -OCH3 is 2. The van der Waals surface area contributed by atoms with Crippen LogP contribution >= 0.6 is 0 Å². The van der Waals surface area contributed by atoms with Gasteiger partial charge in [0.05, 0.1) is 73.4 Å². The minimum atomic E-state index is -1.29. The second-order valence-electron chi connectivity index (χ2n) is 21.4. The van der Waals surface area contributed by atoms with Crippen LogP contribution in [-0.2, 0) is 51.3 Å². The van der Waals surface area contributed by atoms with Crippen molar-refractivity contribution in [1.82, 2.24) is 25.3 Å². The normalized spacial score (nSPS) is 22.3. The van der Waals surface area contributed by atoms with E-state index in [2.05, 4.69) is 10.6 Å². The number of aliphatic hydroxyl groups is 4. The number of rotatable bonds is 26. The summed E-state index contributed by atoms with van der Waals surface area (Å²) in [6, 6.07) is 10.2. The highest BCUT2D eigenvalue weighted by molar-refractivity contribution is 5.92. The van der Waals surface area contributed by atoms with Crippen LogP contribution in [0.4, 0.5) is 4.79 Å². The summed E-state index contributed by atoms with van der Waals surface area (Å²) in [7, 11) is 6.12. The molecule has 3 aromatic rings. The molecule has 14 atom stereocenters. The molecule has 77 heavy (non-hydrogen) atoms. The summed E-state index contributed by atoms with van der Waals surface area (Å²) in [5, 5.41) is 47.5. The number of aliphatic hydroxyl groups excluding tert-OH is 4. The number of nitrogens with two attached hydrogens (primary N) is 1. The third kappa shape index (κ3) is 15.1. The number of hydrogen-bond acceptors (Lipinski definition) is 16. The summed E-state index contributed by atoms with van der Waals surface area (Å²) in [6.45, 7) is 14.3. The topological polar surface area (TPSA) is 285 Å². The minimum Gasteiger partial charge on any atom is -0.464 e. The van der Waals surface area contributed by atoms with Crippen LogP contribution in [0.15, 0.2) is 52.9 Å². The number of amides is 5. The first-order valence-corrected chi connectivity index (χ1v) is 26.9. The maximum Gasteiger partial charge on any atom is 0.410 e. The Labute approximate surface area is 453 Å². The minimum absolute atomic E-state index is 0.0433. The van der Waals surface area contributed by atoms with Crippen molar-refractivity contribution in [1.29, 1.82) is 0 Å². The highest BCUT2D eigenvalue weighted by Gasteiger charge is 2.44. The number of carbonyl (C=O) groups excluding carboxylic acids is 5. The van der Waals surface area contributed by atoms with Crippen LogP contribution in [0.2, 0.25) is 0 Å². The molecule has 21 heteroatoms. The molecule has 21 nitrogen and oxygen atoms in total. The van der Waals surface area contributed by atoms with E-state index in [1.807, 2.05) is 45.9 Å². The van der Waals surface area contributed by atoms with Crippen LogP contribution in [0, 0.1) is 23.7 Å². The first-order valence-electron chi connectivity index (χ1n) is 26.9. The van der Waals surface area contributed by atoms with Gasteiger partial charge in [-0.3, -0.25) is 24.1 Å². The molecule has 5 rings (SSSR count). The number of benzene rings is 2. The van der Waals surface area contributed by atoms with E-state index in [0.29, 0.717) is 59.4 Å². The predicted octanol–water partition coefficient (Wildman–Crippen LogP) is 3.99. The van der Waals surface area contributed by atoms with Crippen molar-refractivity contribution in [3.05, 3.63) is 65.4 Å². The Kier molecular flexibility index (Phi) is 23.1. The summed E-state index contributed by atoms with van der Waals surface area (Å²) in [5.41, 5.74) is 7.36. The van der Waals surface area contributed by atoms with Gasteiger partial charge < -0.3 is 74.7 Å². The second kappa shape index (κ2) is 28.5. The van der Waals surface area contributed by atoms with E-state index in [-0.39, 0.29) is 43.7 Å². The van der Waals surface area contributed by atoms with Gasteiger partial charge in [0, 0.05) is 46.8 Å². The predicted molar refractivity (Wildman–Crippen MR) is 286 cm³/mol. The van der Waals surface area contributed by atoms with Gasteiger partial charge in [0.1, 0.15) is 48.0 Å². The molecule has 2 saturated heterocycles. The molecule has 1 aromatic heterocycles. The zero-order valence-electron chi connectivity index (χ0n) is 46.9. The van der Waals surface area contributed by atoms with E-state index >= 15 is 0 Å². The number of hydrogen-bond donors (Lipinski definition) is 7. The summed E-state index contributed by atoms with van der Waals surface area (Å²) in [6.07, 6.45) is -5.92. The van der Waals surface area contributed by atoms with Crippen molar-refractivity contribution >= 4 is 40.7 Å². The highest BCUT2D eigenvalue weighted by atomic mass is 16.7. The molecular formula is C56H86N6O15. The quantitative estimate of drug-likeness (QED) is 0.0598. The maximum atomic E-state index is 14.8. The van der Waals surface area contributed by atoms with Crippen LogP contribution in [0.1, 0.15) is 110 Å². The summed E-state index contributed by atoms with van der Waals surface area (Å²) < 4.78 is 35.5. The lowest BCUT2D eigenvalue weighted by Gasteiger charge is -2.41. The fourth-order valence-electron chi connectivity index (χ4n) is 10.7. The number of ether oxygens (including phenoxy) is 5. The van der Waals surface area contributed by atoms with E-state index in [4.69, 9.17) is 33.8 Å². The van der Waals surface area contributed by atoms with Gasteiger partial charge in [-0.05, 0) is 61.3 Å². The molecule has 0 bridgehead atoms. The maximum absolute atomic E-state index is 14.8. The number of carbonyl (C=O) groups is 5.